The first-order valence-electron chi connectivity index (χ1n) is 3.59. The van der Waals surface area contributed by atoms with Gasteiger partial charge < -0.3 is 9.84 Å². The first kappa shape index (κ1) is 9.22. The highest BCUT2D eigenvalue weighted by atomic mass is 32.1. The summed E-state index contributed by atoms with van der Waals surface area (Å²) in [5.41, 5.74) is 1.10. The van der Waals surface area contributed by atoms with Gasteiger partial charge >= 0.3 is 5.97 Å². The minimum absolute atomic E-state index is 0.0735. The molecule has 0 spiro atoms. The van der Waals surface area contributed by atoms with Crippen molar-refractivity contribution in [2.45, 2.75) is 13.0 Å². The number of carbonyl (C=O) groups is 1. The molecular formula is C8H10O3S. The van der Waals surface area contributed by atoms with Crippen LogP contribution >= 0.6 is 11.3 Å². The van der Waals surface area contributed by atoms with Crippen molar-refractivity contribution in [2.24, 2.45) is 0 Å². The molecule has 1 aromatic heterocycles. The largest absolute Gasteiger partial charge is 0.481 e. The molecule has 0 aliphatic heterocycles. The standard InChI is InChI=1S/C8H10O3S/c9-8(10)1-3-11-5-7-2-4-12-6-7/h2,4,6H,1,3,5H2,(H,9,10). The Kier molecular flexibility index (Phi) is 3.76. The first-order valence-corrected chi connectivity index (χ1v) is 4.54. The second-order valence-corrected chi connectivity index (χ2v) is 3.11. The van der Waals surface area contributed by atoms with E-state index in [1.54, 1.807) is 11.3 Å². The Morgan fingerprint density at radius 1 is 1.67 bits per heavy atom. The van der Waals surface area contributed by atoms with Gasteiger partial charge in [-0.3, -0.25) is 4.79 Å². The average molecular weight is 186 g/mol. The van der Waals surface area contributed by atoms with Gasteiger partial charge in [0.05, 0.1) is 19.6 Å². The molecule has 4 heteroatoms. The van der Waals surface area contributed by atoms with Crippen LogP contribution in [0.1, 0.15) is 12.0 Å². The van der Waals surface area contributed by atoms with Gasteiger partial charge in [-0.2, -0.15) is 11.3 Å². The molecule has 1 aromatic rings. The van der Waals surface area contributed by atoms with Crippen LogP contribution in [0.5, 0.6) is 0 Å². The molecule has 0 radical (unpaired) electrons. The summed E-state index contributed by atoms with van der Waals surface area (Å²) < 4.78 is 5.11. The van der Waals surface area contributed by atoms with Crippen LogP contribution in [-0.2, 0) is 16.1 Å². The number of ether oxygens (including phenoxy) is 1. The molecule has 0 saturated heterocycles. The summed E-state index contributed by atoms with van der Waals surface area (Å²) in [4.78, 5) is 10.1. The van der Waals surface area contributed by atoms with Gasteiger partial charge in [-0.25, -0.2) is 0 Å². The highest BCUT2D eigenvalue weighted by Gasteiger charge is 1.97. The van der Waals surface area contributed by atoms with E-state index < -0.39 is 5.97 Å². The lowest BCUT2D eigenvalue weighted by Crippen LogP contribution is -2.02. The van der Waals surface area contributed by atoms with Crippen LogP contribution in [-0.4, -0.2) is 17.7 Å². The lowest BCUT2D eigenvalue weighted by atomic mass is 10.4. The predicted molar refractivity (Wildman–Crippen MR) is 46.2 cm³/mol. The van der Waals surface area contributed by atoms with E-state index in [2.05, 4.69) is 0 Å². The number of hydrogen-bond donors (Lipinski definition) is 1. The van der Waals surface area contributed by atoms with E-state index in [1.807, 2.05) is 16.8 Å². The molecule has 0 aliphatic rings. The van der Waals surface area contributed by atoms with Crippen LogP contribution in [0.4, 0.5) is 0 Å². The molecule has 0 aliphatic carbocycles. The zero-order chi connectivity index (χ0) is 8.81. The van der Waals surface area contributed by atoms with Crippen LogP contribution in [0.3, 0.4) is 0 Å². The summed E-state index contributed by atoms with van der Waals surface area (Å²) in [6.07, 6.45) is 0.0735. The van der Waals surface area contributed by atoms with E-state index in [4.69, 9.17) is 9.84 Å². The maximum absolute atomic E-state index is 10.1. The SMILES string of the molecule is O=C(O)CCOCc1ccsc1. The van der Waals surface area contributed by atoms with Crippen LogP contribution in [0.15, 0.2) is 16.8 Å². The highest BCUT2D eigenvalue weighted by molar-refractivity contribution is 7.07. The molecule has 3 nitrogen and oxygen atoms in total. The smallest absolute Gasteiger partial charge is 0.305 e. The topological polar surface area (TPSA) is 46.5 Å². The van der Waals surface area contributed by atoms with Gasteiger partial charge in [0.1, 0.15) is 0 Å². The van der Waals surface area contributed by atoms with Gasteiger partial charge in [0.2, 0.25) is 0 Å². The van der Waals surface area contributed by atoms with Crippen molar-refractivity contribution in [3.63, 3.8) is 0 Å². The molecule has 0 aromatic carbocycles. The van der Waals surface area contributed by atoms with Crippen LogP contribution in [0, 0.1) is 0 Å². The van der Waals surface area contributed by atoms with Gasteiger partial charge in [-0.05, 0) is 22.4 Å². The summed E-state index contributed by atoms with van der Waals surface area (Å²) in [7, 11) is 0. The van der Waals surface area contributed by atoms with E-state index in [0.29, 0.717) is 6.61 Å². The highest BCUT2D eigenvalue weighted by Crippen LogP contribution is 2.06. The maximum Gasteiger partial charge on any atom is 0.305 e. The zero-order valence-corrected chi connectivity index (χ0v) is 7.34. The van der Waals surface area contributed by atoms with Gasteiger partial charge in [0, 0.05) is 0 Å². The van der Waals surface area contributed by atoms with Crippen LogP contribution < -0.4 is 0 Å². The van der Waals surface area contributed by atoms with Crippen molar-refractivity contribution in [3.8, 4) is 0 Å². The second kappa shape index (κ2) is 4.90. The van der Waals surface area contributed by atoms with Crippen molar-refractivity contribution in [1.29, 1.82) is 0 Å². The third-order valence-corrected chi connectivity index (χ3v) is 2.04. The van der Waals surface area contributed by atoms with Gasteiger partial charge in [0.25, 0.3) is 0 Å². The quantitative estimate of drug-likeness (QED) is 0.712. The minimum atomic E-state index is -0.819. The Balaban J connectivity index is 2.07. The fourth-order valence-electron chi connectivity index (χ4n) is 0.724. The molecule has 0 atom stereocenters. The fraction of sp³-hybridized carbons (Fsp3) is 0.375. The Bertz CT molecular complexity index is 230. The van der Waals surface area contributed by atoms with E-state index >= 15 is 0 Å². The molecule has 0 bridgehead atoms. The number of hydrogen-bond acceptors (Lipinski definition) is 3. The lowest BCUT2D eigenvalue weighted by Gasteiger charge is -1.98. The van der Waals surface area contributed by atoms with Gasteiger partial charge in [-0.1, -0.05) is 0 Å². The molecule has 0 amide bonds. The lowest BCUT2D eigenvalue weighted by molar-refractivity contribution is -0.138. The Morgan fingerprint density at radius 3 is 3.08 bits per heavy atom. The van der Waals surface area contributed by atoms with Crippen molar-refractivity contribution in [3.05, 3.63) is 22.4 Å². The summed E-state index contributed by atoms with van der Waals surface area (Å²) in [5.74, 6) is -0.819. The molecule has 1 heterocycles. The second-order valence-electron chi connectivity index (χ2n) is 2.33. The Morgan fingerprint density at radius 2 is 2.50 bits per heavy atom. The molecule has 0 saturated carbocycles. The van der Waals surface area contributed by atoms with E-state index in [9.17, 15) is 4.79 Å². The summed E-state index contributed by atoms with van der Waals surface area (Å²) in [6, 6.07) is 1.96. The minimum Gasteiger partial charge on any atom is -0.481 e. The first-order chi connectivity index (χ1) is 5.79. The Labute approximate surface area is 74.6 Å². The summed E-state index contributed by atoms with van der Waals surface area (Å²) in [5, 5.41) is 12.2. The van der Waals surface area contributed by atoms with Crippen molar-refractivity contribution < 1.29 is 14.6 Å². The van der Waals surface area contributed by atoms with Gasteiger partial charge in [-0.15, -0.1) is 0 Å². The number of carboxylic acids is 1. The van der Waals surface area contributed by atoms with Crippen molar-refractivity contribution >= 4 is 17.3 Å². The molecule has 1 N–H and O–H groups in total. The van der Waals surface area contributed by atoms with E-state index in [-0.39, 0.29) is 13.0 Å². The number of aliphatic carboxylic acids is 1. The van der Waals surface area contributed by atoms with Crippen LogP contribution in [0.2, 0.25) is 0 Å². The molecule has 0 fully saturated rings. The van der Waals surface area contributed by atoms with E-state index in [1.165, 1.54) is 0 Å². The molecule has 1 rings (SSSR count). The predicted octanol–water partition coefficient (Wildman–Crippen LogP) is 1.74. The maximum atomic E-state index is 10.1. The average Bonchev–Trinajstić information content (AvgIpc) is 2.49. The van der Waals surface area contributed by atoms with Gasteiger partial charge in [0.15, 0.2) is 0 Å². The molecule has 12 heavy (non-hydrogen) atoms. The fourth-order valence-corrected chi connectivity index (χ4v) is 1.38. The normalized spacial score (nSPS) is 10.0. The number of rotatable bonds is 5. The van der Waals surface area contributed by atoms with Crippen molar-refractivity contribution in [1.82, 2.24) is 0 Å². The third kappa shape index (κ3) is 3.50. The number of carboxylic acid groups (broad SMARTS) is 1. The van der Waals surface area contributed by atoms with Crippen LogP contribution in [0.25, 0.3) is 0 Å². The third-order valence-electron chi connectivity index (χ3n) is 1.31. The van der Waals surface area contributed by atoms with E-state index in [0.717, 1.165) is 5.56 Å². The Hall–Kier alpha value is -0.870. The number of thiophene rings is 1. The summed E-state index contributed by atoms with van der Waals surface area (Å²) in [6.45, 7) is 0.794. The molecule has 66 valence electrons. The van der Waals surface area contributed by atoms with Crippen molar-refractivity contribution in [2.75, 3.05) is 6.61 Å². The monoisotopic (exact) mass is 186 g/mol. The summed E-state index contributed by atoms with van der Waals surface area (Å²) >= 11 is 1.61. The zero-order valence-electron chi connectivity index (χ0n) is 6.53. The molecule has 0 unspecified atom stereocenters. The molecular weight excluding hydrogens is 176 g/mol.